The van der Waals surface area contributed by atoms with Crippen LogP contribution in [-0.2, 0) is 6.42 Å². The molecule has 1 aromatic carbocycles. The summed E-state index contributed by atoms with van der Waals surface area (Å²) in [6.45, 7) is 0.404. The van der Waals surface area contributed by atoms with Gasteiger partial charge in [-0.05, 0) is 43.0 Å². The maximum atomic E-state index is 13.3. The van der Waals surface area contributed by atoms with Crippen LogP contribution in [0.3, 0.4) is 0 Å². The van der Waals surface area contributed by atoms with Crippen molar-refractivity contribution < 1.29 is 9.50 Å². The number of benzene rings is 1. The molecular weight excluding hydrogens is 253 g/mol. The Morgan fingerprint density at radius 2 is 2.22 bits per heavy atom. The average Bonchev–Trinajstić information content (AvgIpc) is 2.37. The maximum Gasteiger partial charge on any atom is 0.123 e. The first-order chi connectivity index (χ1) is 8.57. The molecule has 1 fully saturated rings. The van der Waals surface area contributed by atoms with Gasteiger partial charge < -0.3 is 10.8 Å². The van der Waals surface area contributed by atoms with E-state index in [9.17, 15) is 9.50 Å². The van der Waals surface area contributed by atoms with E-state index in [1.54, 1.807) is 6.07 Å². The van der Waals surface area contributed by atoms with Gasteiger partial charge in [0.15, 0.2) is 0 Å². The molecule has 0 heterocycles. The lowest BCUT2D eigenvalue weighted by atomic mass is 9.68. The number of halogens is 2. The highest BCUT2D eigenvalue weighted by Crippen LogP contribution is 2.40. The average molecular weight is 272 g/mol. The number of hydrogen-bond donors (Lipinski definition) is 2. The largest absolute Gasteiger partial charge is 0.392 e. The molecule has 0 radical (unpaired) electrons. The first kappa shape index (κ1) is 13.8. The molecule has 3 N–H and O–H groups in total. The van der Waals surface area contributed by atoms with E-state index in [0.717, 1.165) is 31.2 Å². The molecule has 100 valence electrons. The molecule has 0 aliphatic heterocycles. The van der Waals surface area contributed by atoms with Gasteiger partial charge in [0.2, 0.25) is 0 Å². The summed E-state index contributed by atoms with van der Waals surface area (Å²) in [6.07, 6.45) is 3.85. The minimum absolute atomic E-state index is 0.299. The van der Waals surface area contributed by atoms with Gasteiger partial charge >= 0.3 is 0 Å². The van der Waals surface area contributed by atoms with E-state index < -0.39 is 6.10 Å². The van der Waals surface area contributed by atoms with Crippen molar-refractivity contribution in [1.82, 2.24) is 0 Å². The van der Waals surface area contributed by atoms with Crippen LogP contribution in [0.15, 0.2) is 18.2 Å². The number of nitrogens with two attached hydrogens (primary N) is 1. The van der Waals surface area contributed by atoms with Crippen LogP contribution in [-0.4, -0.2) is 17.8 Å². The smallest absolute Gasteiger partial charge is 0.123 e. The Morgan fingerprint density at radius 1 is 1.44 bits per heavy atom. The summed E-state index contributed by atoms with van der Waals surface area (Å²) in [7, 11) is 0. The fourth-order valence-corrected chi connectivity index (χ4v) is 3.05. The van der Waals surface area contributed by atoms with Crippen LogP contribution >= 0.6 is 11.6 Å². The van der Waals surface area contributed by atoms with Gasteiger partial charge in [0, 0.05) is 17.0 Å². The van der Waals surface area contributed by atoms with E-state index in [0.29, 0.717) is 18.0 Å². The van der Waals surface area contributed by atoms with Gasteiger partial charge in [-0.25, -0.2) is 4.39 Å². The lowest BCUT2D eigenvalue weighted by molar-refractivity contribution is -0.00587. The Balaban J connectivity index is 2.26. The zero-order valence-electron chi connectivity index (χ0n) is 10.3. The second-order valence-corrected chi connectivity index (χ2v) is 5.65. The van der Waals surface area contributed by atoms with Gasteiger partial charge in [-0.1, -0.05) is 24.4 Å². The lowest BCUT2D eigenvalue weighted by Gasteiger charge is -2.41. The van der Waals surface area contributed by atoms with E-state index in [4.69, 9.17) is 17.3 Å². The quantitative estimate of drug-likeness (QED) is 0.888. The topological polar surface area (TPSA) is 46.2 Å². The summed E-state index contributed by atoms with van der Waals surface area (Å²) in [5.74, 6) is -0.299. The number of aliphatic hydroxyl groups is 1. The van der Waals surface area contributed by atoms with E-state index in [1.807, 2.05) is 0 Å². The van der Waals surface area contributed by atoms with Gasteiger partial charge in [-0.15, -0.1) is 0 Å². The summed E-state index contributed by atoms with van der Waals surface area (Å²) in [6, 6.07) is 4.35. The van der Waals surface area contributed by atoms with Crippen LogP contribution < -0.4 is 5.73 Å². The highest BCUT2D eigenvalue weighted by molar-refractivity contribution is 6.31. The van der Waals surface area contributed by atoms with Crippen LogP contribution in [0.1, 0.15) is 31.2 Å². The molecule has 2 atom stereocenters. The van der Waals surface area contributed by atoms with Gasteiger partial charge in [-0.2, -0.15) is 0 Å². The fourth-order valence-electron chi connectivity index (χ4n) is 2.86. The zero-order chi connectivity index (χ0) is 13.2. The van der Waals surface area contributed by atoms with Crippen molar-refractivity contribution in [3.63, 3.8) is 0 Å². The molecule has 2 nitrogen and oxygen atoms in total. The van der Waals surface area contributed by atoms with Crippen LogP contribution in [0.4, 0.5) is 4.39 Å². The zero-order valence-corrected chi connectivity index (χ0v) is 11.1. The number of hydrogen-bond acceptors (Lipinski definition) is 2. The molecule has 0 aromatic heterocycles. The first-order valence-corrected chi connectivity index (χ1v) is 6.77. The van der Waals surface area contributed by atoms with E-state index in [1.165, 1.54) is 12.1 Å². The molecule has 1 saturated carbocycles. The Kier molecular flexibility index (Phi) is 4.25. The first-order valence-electron chi connectivity index (χ1n) is 6.39. The molecule has 0 bridgehead atoms. The minimum atomic E-state index is -0.421. The minimum Gasteiger partial charge on any atom is -0.392 e. The third-order valence-electron chi connectivity index (χ3n) is 4.07. The Bertz CT molecular complexity index is 426. The predicted octanol–water partition coefficient (Wildman–Crippen LogP) is 2.90. The van der Waals surface area contributed by atoms with Crippen LogP contribution in [0, 0.1) is 11.2 Å². The monoisotopic (exact) mass is 271 g/mol. The predicted molar refractivity (Wildman–Crippen MR) is 71.1 cm³/mol. The van der Waals surface area contributed by atoms with Gasteiger partial charge in [-0.3, -0.25) is 0 Å². The van der Waals surface area contributed by atoms with Crippen molar-refractivity contribution in [3.8, 4) is 0 Å². The molecule has 18 heavy (non-hydrogen) atoms. The fraction of sp³-hybridized carbons (Fsp3) is 0.571. The highest BCUT2D eigenvalue weighted by atomic mass is 35.5. The molecular formula is C14H19ClFNO. The summed E-state index contributed by atoms with van der Waals surface area (Å²) in [5.41, 5.74) is 6.26. The maximum absolute atomic E-state index is 13.3. The molecule has 1 aromatic rings. The standard InChI is InChI=1S/C14H19ClFNO/c15-12-5-4-11(16)7-10(12)8-14(9-17)6-2-1-3-13(14)18/h4-5,7,13,18H,1-3,6,8-9,17H2. The molecule has 0 spiro atoms. The van der Waals surface area contributed by atoms with Crippen LogP contribution in [0.5, 0.6) is 0 Å². The molecule has 2 unspecified atom stereocenters. The molecule has 1 aliphatic carbocycles. The Hall–Kier alpha value is -0.640. The van der Waals surface area contributed by atoms with Crippen molar-refractivity contribution in [1.29, 1.82) is 0 Å². The molecule has 0 amide bonds. The van der Waals surface area contributed by atoms with Crippen molar-refractivity contribution in [2.45, 2.75) is 38.2 Å². The number of rotatable bonds is 3. The third-order valence-corrected chi connectivity index (χ3v) is 4.43. The molecule has 2 rings (SSSR count). The Labute approximate surface area is 112 Å². The molecule has 0 saturated heterocycles. The van der Waals surface area contributed by atoms with Crippen molar-refractivity contribution in [2.75, 3.05) is 6.54 Å². The van der Waals surface area contributed by atoms with E-state index in [-0.39, 0.29) is 11.2 Å². The Morgan fingerprint density at radius 3 is 2.89 bits per heavy atom. The summed E-state index contributed by atoms with van der Waals surface area (Å²) >= 11 is 6.09. The van der Waals surface area contributed by atoms with Crippen LogP contribution in [0.2, 0.25) is 5.02 Å². The second-order valence-electron chi connectivity index (χ2n) is 5.24. The van der Waals surface area contributed by atoms with Gasteiger partial charge in [0.1, 0.15) is 5.82 Å². The van der Waals surface area contributed by atoms with Crippen molar-refractivity contribution in [3.05, 3.63) is 34.6 Å². The van der Waals surface area contributed by atoms with Gasteiger partial charge in [0.05, 0.1) is 6.10 Å². The highest BCUT2D eigenvalue weighted by Gasteiger charge is 2.39. The molecule has 1 aliphatic rings. The summed E-state index contributed by atoms with van der Waals surface area (Å²) in [4.78, 5) is 0. The number of aliphatic hydroxyl groups excluding tert-OH is 1. The third kappa shape index (κ3) is 2.68. The van der Waals surface area contributed by atoms with Crippen molar-refractivity contribution in [2.24, 2.45) is 11.1 Å². The van der Waals surface area contributed by atoms with Crippen molar-refractivity contribution >= 4 is 11.6 Å². The summed E-state index contributed by atoms with van der Waals surface area (Å²) < 4.78 is 13.3. The summed E-state index contributed by atoms with van der Waals surface area (Å²) in [5, 5.41) is 10.8. The normalized spacial score (nSPS) is 28.3. The SMILES string of the molecule is NCC1(Cc2cc(F)ccc2Cl)CCCCC1O. The van der Waals surface area contributed by atoms with Gasteiger partial charge in [0.25, 0.3) is 0 Å². The van der Waals surface area contributed by atoms with E-state index >= 15 is 0 Å². The second kappa shape index (κ2) is 5.55. The lowest BCUT2D eigenvalue weighted by Crippen LogP contribution is -2.45. The molecule has 4 heteroatoms. The van der Waals surface area contributed by atoms with E-state index in [2.05, 4.69) is 0 Å². The van der Waals surface area contributed by atoms with Crippen LogP contribution in [0.25, 0.3) is 0 Å².